The lowest BCUT2D eigenvalue weighted by Crippen LogP contribution is -2.25. The summed E-state index contributed by atoms with van der Waals surface area (Å²) >= 11 is 0. The lowest BCUT2D eigenvalue weighted by Gasteiger charge is -2.09. The van der Waals surface area contributed by atoms with Gasteiger partial charge in [-0.2, -0.15) is 0 Å². The standard InChI is InChI=1S/C20H21N3O2/c24-18-8-4-7-16(13-18)9-10-20(25)22-14-19-21-11-12-23(19)15-17-5-2-1-3-6-17/h1-8,11-13,24H,9-10,14-15H2,(H,22,25). The van der Waals surface area contributed by atoms with E-state index in [1.165, 1.54) is 5.56 Å². The van der Waals surface area contributed by atoms with E-state index in [2.05, 4.69) is 22.4 Å². The second-order valence-electron chi connectivity index (χ2n) is 5.90. The van der Waals surface area contributed by atoms with Gasteiger partial charge in [-0.3, -0.25) is 4.79 Å². The van der Waals surface area contributed by atoms with Crippen molar-refractivity contribution in [3.05, 3.63) is 83.9 Å². The number of aromatic hydroxyl groups is 1. The topological polar surface area (TPSA) is 67.2 Å². The smallest absolute Gasteiger partial charge is 0.220 e. The van der Waals surface area contributed by atoms with Crippen molar-refractivity contribution in [3.63, 3.8) is 0 Å². The monoisotopic (exact) mass is 335 g/mol. The number of imidazole rings is 1. The molecule has 0 saturated carbocycles. The number of carbonyl (C=O) groups is 1. The molecule has 2 aromatic carbocycles. The molecule has 1 heterocycles. The first kappa shape index (κ1) is 16.8. The fourth-order valence-corrected chi connectivity index (χ4v) is 2.67. The highest BCUT2D eigenvalue weighted by Gasteiger charge is 2.07. The van der Waals surface area contributed by atoms with Crippen molar-refractivity contribution in [2.75, 3.05) is 0 Å². The first-order valence-corrected chi connectivity index (χ1v) is 8.29. The molecule has 5 nitrogen and oxygen atoms in total. The molecule has 25 heavy (non-hydrogen) atoms. The third-order valence-electron chi connectivity index (χ3n) is 3.99. The van der Waals surface area contributed by atoms with Gasteiger partial charge in [-0.25, -0.2) is 4.98 Å². The minimum atomic E-state index is -0.0300. The van der Waals surface area contributed by atoms with Gasteiger partial charge in [0.2, 0.25) is 5.91 Å². The van der Waals surface area contributed by atoms with Crippen molar-refractivity contribution in [1.29, 1.82) is 0 Å². The third kappa shape index (κ3) is 4.94. The molecule has 5 heteroatoms. The van der Waals surface area contributed by atoms with Crippen LogP contribution in [0.3, 0.4) is 0 Å². The Morgan fingerprint density at radius 1 is 1.08 bits per heavy atom. The molecule has 0 bridgehead atoms. The Labute approximate surface area is 147 Å². The van der Waals surface area contributed by atoms with Gasteiger partial charge in [-0.1, -0.05) is 42.5 Å². The fraction of sp³-hybridized carbons (Fsp3) is 0.200. The summed E-state index contributed by atoms with van der Waals surface area (Å²) in [4.78, 5) is 16.4. The summed E-state index contributed by atoms with van der Waals surface area (Å²) in [5.41, 5.74) is 2.14. The largest absolute Gasteiger partial charge is 0.508 e. The van der Waals surface area contributed by atoms with Gasteiger partial charge in [0, 0.05) is 25.4 Å². The highest BCUT2D eigenvalue weighted by molar-refractivity contribution is 5.76. The molecule has 0 aliphatic rings. The summed E-state index contributed by atoms with van der Waals surface area (Å²) in [6.07, 6.45) is 4.64. The van der Waals surface area contributed by atoms with E-state index < -0.39 is 0 Å². The quantitative estimate of drug-likeness (QED) is 0.698. The molecule has 0 aliphatic heterocycles. The molecule has 2 N–H and O–H groups in total. The van der Waals surface area contributed by atoms with E-state index in [9.17, 15) is 9.90 Å². The van der Waals surface area contributed by atoms with Crippen LogP contribution in [0.5, 0.6) is 5.75 Å². The van der Waals surface area contributed by atoms with Crippen molar-refractivity contribution >= 4 is 5.91 Å². The number of phenols is 1. The van der Waals surface area contributed by atoms with E-state index in [0.29, 0.717) is 19.4 Å². The maximum atomic E-state index is 12.1. The van der Waals surface area contributed by atoms with E-state index in [4.69, 9.17) is 0 Å². The lowest BCUT2D eigenvalue weighted by molar-refractivity contribution is -0.121. The van der Waals surface area contributed by atoms with Crippen molar-refractivity contribution in [3.8, 4) is 5.75 Å². The Morgan fingerprint density at radius 2 is 1.88 bits per heavy atom. The van der Waals surface area contributed by atoms with Gasteiger partial charge >= 0.3 is 0 Å². The van der Waals surface area contributed by atoms with Gasteiger partial charge in [0.15, 0.2) is 0 Å². The Bertz CT molecular complexity index is 828. The number of benzene rings is 2. The molecule has 1 aromatic heterocycles. The summed E-state index contributed by atoms with van der Waals surface area (Å²) in [5, 5.41) is 12.4. The molecular formula is C20H21N3O2. The van der Waals surface area contributed by atoms with Gasteiger partial charge < -0.3 is 15.0 Å². The van der Waals surface area contributed by atoms with Crippen LogP contribution in [0.25, 0.3) is 0 Å². The maximum absolute atomic E-state index is 12.1. The second-order valence-corrected chi connectivity index (χ2v) is 5.90. The predicted octanol–water partition coefficient (Wildman–Crippen LogP) is 2.89. The predicted molar refractivity (Wildman–Crippen MR) is 96.0 cm³/mol. The molecule has 0 saturated heterocycles. The molecule has 3 aromatic rings. The SMILES string of the molecule is O=C(CCc1cccc(O)c1)NCc1nccn1Cc1ccccc1. The van der Waals surface area contributed by atoms with Crippen LogP contribution in [0.4, 0.5) is 0 Å². The Balaban J connectivity index is 1.50. The number of aromatic nitrogens is 2. The minimum Gasteiger partial charge on any atom is -0.508 e. The van der Waals surface area contributed by atoms with E-state index >= 15 is 0 Å². The van der Waals surface area contributed by atoms with Crippen LogP contribution >= 0.6 is 0 Å². The van der Waals surface area contributed by atoms with Gasteiger partial charge in [0.25, 0.3) is 0 Å². The van der Waals surface area contributed by atoms with Gasteiger partial charge in [0.05, 0.1) is 6.54 Å². The number of carbonyl (C=O) groups excluding carboxylic acids is 1. The number of hydrogen-bond acceptors (Lipinski definition) is 3. The maximum Gasteiger partial charge on any atom is 0.220 e. The molecule has 0 aliphatic carbocycles. The van der Waals surface area contributed by atoms with Crippen LogP contribution in [0.2, 0.25) is 0 Å². The van der Waals surface area contributed by atoms with Gasteiger partial charge in [-0.05, 0) is 29.7 Å². The molecular weight excluding hydrogens is 314 g/mol. The first-order chi connectivity index (χ1) is 12.2. The van der Waals surface area contributed by atoms with Crippen LogP contribution in [0, 0.1) is 0 Å². The summed E-state index contributed by atoms with van der Waals surface area (Å²) in [6.45, 7) is 1.13. The van der Waals surface area contributed by atoms with Crippen molar-refractivity contribution in [2.45, 2.75) is 25.9 Å². The number of rotatable bonds is 7. The number of phenolic OH excluding ortho intramolecular Hbond substituents is 1. The Kier molecular flexibility index (Phi) is 5.46. The van der Waals surface area contributed by atoms with Crippen LogP contribution in [0.15, 0.2) is 67.0 Å². The van der Waals surface area contributed by atoms with Gasteiger partial charge in [0.1, 0.15) is 11.6 Å². The average Bonchev–Trinajstić information content (AvgIpc) is 3.06. The highest BCUT2D eigenvalue weighted by Crippen LogP contribution is 2.12. The summed E-state index contributed by atoms with van der Waals surface area (Å²) < 4.78 is 2.03. The van der Waals surface area contributed by atoms with E-state index in [0.717, 1.165) is 17.9 Å². The zero-order chi connectivity index (χ0) is 17.5. The van der Waals surface area contributed by atoms with E-state index in [1.54, 1.807) is 24.4 Å². The van der Waals surface area contributed by atoms with Crippen LogP contribution in [-0.4, -0.2) is 20.6 Å². The molecule has 0 spiro atoms. The summed E-state index contributed by atoms with van der Waals surface area (Å²) in [5.74, 6) is 1.02. The summed E-state index contributed by atoms with van der Waals surface area (Å²) in [6, 6.07) is 17.1. The van der Waals surface area contributed by atoms with Crippen LogP contribution < -0.4 is 5.32 Å². The number of nitrogens with one attached hydrogen (secondary N) is 1. The molecule has 128 valence electrons. The molecule has 0 radical (unpaired) electrons. The first-order valence-electron chi connectivity index (χ1n) is 8.29. The zero-order valence-electron chi connectivity index (χ0n) is 13.9. The normalized spacial score (nSPS) is 10.6. The van der Waals surface area contributed by atoms with Crippen molar-refractivity contribution < 1.29 is 9.90 Å². The summed E-state index contributed by atoms with van der Waals surface area (Å²) in [7, 11) is 0. The van der Waals surface area contributed by atoms with Crippen LogP contribution in [-0.2, 0) is 24.3 Å². The van der Waals surface area contributed by atoms with Crippen LogP contribution in [0.1, 0.15) is 23.4 Å². The Morgan fingerprint density at radius 3 is 2.68 bits per heavy atom. The molecule has 0 fully saturated rings. The number of hydrogen-bond donors (Lipinski definition) is 2. The Hall–Kier alpha value is -3.08. The number of amides is 1. The average molecular weight is 335 g/mol. The molecule has 3 rings (SSSR count). The number of aryl methyl sites for hydroxylation is 1. The van der Waals surface area contributed by atoms with Crippen molar-refractivity contribution in [2.24, 2.45) is 0 Å². The zero-order valence-corrected chi connectivity index (χ0v) is 13.9. The van der Waals surface area contributed by atoms with Crippen molar-refractivity contribution in [1.82, 2.24) is 14.9 Å². The molecule has 0 unspecified atom stereocenters. The third-order valence-corrected chi connectivity index (χ3v) is 3.99. The fourth-order valence-electron chi connectivity index (χ4n) is 2.67. The second kappa shape index (κ2) is 8.15. The highest BCUT2D eigenvalue weighted by atomic mass is 16.3. The van der Waals surface area contributed by atoms with Gasteiger partial charge in [-0.15, -0.1) is 0 Å². The number of nitrogens with zero attached hydrogens (tertiary/aromatic N) is 2. The van der Waals surface area contributed by atoms with E-state index in [1.807, 2.05) is 35.0 Å². The lowest BCUT2D eigenvalue weighted by atomic mass is 10.1. The minimum absolute atomic E-state index is 0.0300. The molecule has 1 amide bonds. The molecule has 0 atom stereocenters. The van der Waals surface area contributed by atoms with E-state index in [-0.39, 0.29) is 11.7 Å².